The molecule has 1 aliphatic carbocycles. The van der Waals surface area contributed by atoms with Gasteiger partial charge in [0.05, 0.1) is 13.7 Å². The molecule has 3 rings (SSSR count). The van der Waals surface area contributed by atoms with Gasteiger partial charge in [0.2, 0.25) is 5.91 Å². The van der Waals surface area contributed by atoms with E-state index in [4.69, 9.17) is 4.74 Å². The lowest BCUT2D eigenvalue weighted by Crippen LogP contribution is -2.34. The molecule has 0 N–H and O–H groups in total. The lowest BCUT2D eigenvalue weighted by Gasteiger charge is -2.26. The van der Waals surface area contributed by atoms with Crippen LogP contribution in [0.25, 0.3) is 0 Å². The maximum Gasteiger partial charge on any atom is 0.230 e. The number of carbonyl (C=O) groups excluding carboxylic acids is 1. The summed E-state index contributed by atoms with van der Waals surface area (Å²) in [6.45, 7) is 0.614. The topological polar surface area (TPSA) is 29.5 Å². The molecule has 0 unspecified atom stereocenters. The Morgan fingerprint density at radius 2 is 1.70 bits per heavy atom. The van der Waals surface area contributed by atoms with E-state index in [1.54, 1.807) is 7.11 Å². The lowest BCUT2D eigenvalue weighted by molar-refractivity contribution is -0.122. The SMILES string of the molecule is COc1ccc(N(Cc2ccccc2)C(=O)C2CCCC2)cc1. The monoisotopic (exact) mass is 309 g/mol. The van der Waals surface area contributed by atoms with Crippen LogP contribution in [-0.4, -0.2) is 13.0 Å². The molecule has 0 aromatic heterocycles. The average molecular weight is 309 g/mol. The van der Waals surface area contributed by atoms with Crippen molar-refractivity contribution in [2.45, 2.75) is 32.2 Å². The van der Waals surface area contributed by atoms with Gasteiger partial charge in [-0.15, -0.1) is 0 Å². The van der Waals surface area contributed by atoms with Gasteiger partial charge in [-0.3, -0.25) is 4.79 Å². The summed E-state index contributed by atoms with van der Waals surface area (Å²) in [6.07, 6.45) is 4.36. The molecule has 0 bridgehead atoms. The fourth-order valence-electron chi connectivity index (χ4n) is 3.22. The Bertz CT molecular complexity index is 630. The fraction of sp³-hybridized carbons (Fsp3) is 0.350. The van der Waals surface area contributed by atoms with E-state index in [0.29, 0.717) is 6.54 Å². The van der Waals surface area contributed by atoms with Crippen LogP contribution in [0.2, 0.25) is 0 Å². The quantitative estimate of drug-likeness (QED) is 0.818. The van der Waals surface area contributed by atoms with Crippen LogP contribution >= 0.6 is 0 Å². The van der Waals surface area contributed by atoms with Crippen molar-refractivity contribution >= 4 is 11.6 Å². The molecule has 1 saturated carbocycles. The zero-order valence-corrected chi connectivity index (χ0v) is 13.6. The number of methoxy groups -OCH3 is 1. The van der Waals surface area contributed by atoms with E-state index in [9.17, 15) is 4.79 Å². The normalized spacial score (nSPS) is 14.7. The number of anilines is 1. The standard InChI is InChI=1S/C20H23NO2/c1-23-19-13-11-18(12-14-19)21(15-16-7-3-2-4-8-16)20(22)17-9-5-6-10-17/h2-4,7-8,11-14,17H,5-6,9-10,15H2,1H3. The van der Waals surface area contributed by atoms with Crippen molar-refractivity contribution in [1.29, 1.82) is 0 Å². The van der Waals surface area contributed by atoms with Crippen LogP contribution in [0.15, 0.2) is 54.6 Å². The summed E-state index contributed by atoms with van der Waals surface area (Å²) in [5.41, 5.74) is 2.08. The lowest BCUT2D eigenvalue weighted by atomic mass is 10.1. The van der Waals surface area contributed by atoms with Gasteiger partial charge >= 0.3 is 0 Å². The van der Waals surface area contributed by atoms with Crippen molar-refractivity contribution < 1.29 is 9.53 Å². The van der Waals surface area contributed by atoms with Crippen LogP contribution in [0.3, 0.4) is 0 Å². The smallest absolute Gasteiger partial charge is 0.230 e. The van der Waals surface area contributed by atoms with Crippen molar-refractivity contribution in [2.75, 3.05) is 12.0 Å². The van der Waals surface area contributed by atoms with E-state index in [-0.39, 0.29) is 11.8 Å². The second-order valence-electron chi connectivity index (χ2n) is 6.09. The number of benzene rings is 2. The Hall–Kier alpha value is -2.29. The summed E-state index contributed by atoms with van der Waals surface area (Å²) in [5.74, 6) is 1.22. The van der Waals surface area contributed by atoms with E-state index in [2.05, 4.69) is 12.1 Å². The van der Waals surface area contributed by atoms with E-state index in [1.165, 1.54) is 0 Å². The minimum absolute atomic E-state index is 0.167. The molecule has 0 aliphatic heterocycles. The van der Waals surface area contributed by atoms with Gasteiger partial charge in [-0.25, -0.2) is 0 Å². The van der Waals surface area contributed by atoms with Crippen LogP contribution in [0.1, 0.15) is 31.2 Å². The molecule has 0 atom stereocenters. The molecule has 2 aromatic rings. The number of carbonyl (C=O) groups is 1. The van der Waals surface area contributed by atoms with Crippen molar-refractivity contribution in [1.82, 2.24) is 0 Å². The van der Waals surface area contributed by atoms with Crippen molar-refractivity contribution in [3.05, 3.63) is 60.2 Å². The molecule has 0 saturated heterocycles. The Morgan fingerprint density at radius 1 is 1.04 bits per heavy atom. The first-order chi connectivity index (χ1) is 11.3. The molecular formula is C20H23NO2. The molecule has 2 aromatic carbocycles. The van der Waals surface area contributed by atoms with Gasteiger partial charge in [-0.05, 0) is 42.7 Å². The predicted molar refractivity (Wildman–Crippen MR) is 92.6 cm³/mol. The highest BCUT2D eigenvalue weighted by Gasteiger charge is 2.28. The number of ether oxygens (including phenoxy) is 1. The number of amides is 1. The molecule has 120 valence electrons. The van der Waals surface area contributed by atoms with Crippen LogP contribution in [0, 0.1) is 5.92 Å². The van der Waals surface area contributed by atoms with E-state index in [1.807, 2.05) is 47.4 Å². The highest BCUT2D eigenvalue weighted by atomic mass is 16.5. The average Bonchev–Trinajstić information content (AvgIpc) is 3.15. The molecule has 0 heterocycles. The van der Waals surface area contributed by atoms with E-state index >= 15 is 0 Å². The third kappa shape index (κ3) is 3.73. The number of nitrogens with zero attached hydrogens (tertiary/aromatic N) is 1. The Kier molecular flexibility index (Phi) is 4.96. The maximum atomic E-state index is 13.0. The summed E-state index contributed by atoms with van der Waals surface area (Å²) in [4.78, 5) is 14.9. The molecule has 1 fully saturated rings. The molecule has 0 spiro atoms. The second-order valence-corrected chi connectivity index (χ2v) is 6.09. The largest absolute Gasteiger partial charge is 0.497 e. The number of rotatable bonds is 5. The number of hydrogen-bond donors (Lipinski definition) is 0. The second kappa shape index (κ2) is 7.32. The van der Waals surface area contributed by atoms with Crippen molar-refractivity contribution in [3.63, 3.8) is 0 Å². The summed E-state index contributed by atoms with van der Waals surface area (Å²) < 4.78 is 5.22. The number of hydrogen-bond acceptors (Lipinski definition) is 2. The van der Waals surface area contributed by atoms with Crippen LogP contribution < -0.4 is 9.64 Å². The summed E-state index contributed by atoms with van der Waals surface area (Å²) in [7, 11) is 1.65. The fourth-order valence-corrected chi connectivity index (χ4v) is 3.22. The molecule has 1 aliphatic rings. The third-order valence-corrected chi connectivity index (χ3v) is 4.54. The maximum absolute atomic E-state index is 13.0. The molecule has 23 heavy (non-hydrogen) atoms. The van der Waals surface area contributed by atoms with Crippen LogP contribution in [-0.2, 0) is 11.3 Å². The first-order valence-corrected chi connectivity index (χ1v) is 8.27. The summed E-state index contributed by atoms with van der Waals surface area (Å²) >= 11 is 0. The van der Waals surface area contributed by atoms with Gasteiger partial charge < -0.3 is 9.64 Å². The van der Waals surface area contributed by atoms with Crippen molar-refractivity contribution in [3.8, 4) is 5.75 Å². The zero-order valence-electron chi connectivity index (χ0n) is 13.6. The molecule has 3 nitrogen and oxygen atoms in total. The highest BCUT2D eigenvalue weighted by molar-refractivity contribution is 5.95. The Labute approximate surface area is 137 Å². The Balaban J connectivity index is 1.86. The molecule has 0 radical (unpaired) electrons. The summed E-state index contributed by atoms with van der Waals surface area (Å²) in [5, 5.41) is 0. The first-order valence-electron chi connectivity index (χ1n) is 8.27. The highest BCUT2D eigenvalue weighted by Crippen LogP contribution is 2.30. The van der Waals surface area contributed by atoms with Crippen molar-refractivity contribution in [2.24, 2.45) is 5.92 Å². The first kappa shape index (κ1) is 15.6. The van der Waals surface area contributed by atoms with E-state index in [0.717, 1.165) is 42.7 Å². The third-order valence-electron chi connectivity index (χ3n) is 4.54. The molecule has 1 amide bonds. The predicted octanol–water partition coefficient (Wildman–Crippen LogP) is 4.42. The van der Waals surface area contributed by atoms with Crippen LogP contribution in [0.5, 0.6) is 5.75 Å². The molecular weight excluding hydrogens is 286 g/mol. The van der Waals surface area contributed by atoms with Gasteiger partial charge in [0.25, 0.3) is 0 Å². The minimum atomic E-state index is 0.167. The van der Waals surface area contributed by atoms with Crippen LogP contribution in [0.4, 0.5) is 5.69 Å². The summed E-state index contributed by atoms with van der Waals surface area (Å²) in [6, 6.07) is 17.9. The van der Waals surface area contributed by atoms with Gasteiger partial charge in [0.1, 0.15) is 5.75 Å². The minimum Gasteiger partial charge on any atom is -0.497 e. The van der Waals surface area contributed by atoms with E-state index < -0.39 is 0 Å². The molecule has 3 heteroatoms. The zero-order chi connectivity index (χ0) is 16.1. The van der Waals surface area contributed by atoms with Gasteiger partial charge in [0, 0.05) is 11.6 Å². The van der Waals surface area contributed by atoms with Gasteiger partial charge in [0.15, 0.2) is 0 Å². The van der Waals surface area contributed by atoms with Gasteiger partial charge in [-0.2, -0.15) is 0 Å². The Morgan fingerprint density at radius 3 is 2.30 bits per heavy atom. The van der Waals surface area contributed by atoms with Gasteiger partial charge in [-0.1, -0.05) is 43.2 Å².